The van der Waals surface area contributed by atoms with Gasteiger partial charge in [-0.15, -0.1) is 0 Å². The third kappa shape index (κ3) is 2.41. The molecule has 2 nitrogen and oxygen atoms in total. The van der Waals surface area contributed by atoms with Gasteiger partial charge in [-0.1, -0.05) is 6.92 Å². The van der Waals surface area contributed by atoms with E-state index in [0.717, 1.165) is 35.9 Å². The third-order valence-corrected chi connectivity index (χ3v) is 3.34. The predicted octanol–water partition coefficient (Wildman–Crippen LogP) is 4.06. The second kappa shape index (κ2) is 5.10. The SMILES string of the molecule is CCc1c(C)nc(-c2cc(F)ccc2F)nc1Br. The van der Waals surface area contributed by atoms with Crippen LogP contribution in [0.3, 0.4) is 0 Å². The van der Waals surface area contributed by atoms with E-state index in [0.29, 0.717) is 4.60 Å². The Hall–Kier alpha value is -1.36. The molecule has 0 aliphatic rings. The van der Waals surface area contributed by atoms with Crippen LogP contribution in [0.25, 0.3) is 11.4 Å². The molecule has 1 aromatic carbocycles. The van der Waals surface area contributed by atoms with E-state index in [1.807, 2.05) is 13.8 Å². The molecule has 0 bridgehead atoms. The van der Waals surface area contributed by atoms with Crippen molar-refractivity contribution >= 4 is 15.9 Å². The van der Waals surface area contributed by atoms with Crippen LogP contribution in [0.1, 0.15) is 18.2 Å². The van der Waals surface area contributed by atoms with Crippen molar-refractivity contribution < 1.29 is 8.78 Å². The molecule has 5 heteroatoms. The standard InChI is InChI=1S/C13H11BrF2N2/c1-3-9-7(2)17-13(18-12(9)14)10-6-8(15)4-5-11(10)16/h4-6H,3H2,1-2H3. The Morgan fingerprint density at radius 2 is 1.94 bits per heavy atom. The fraction of sp³-hybridized carbons (Fsp3) is 0.231. The Bertz CT molecular complexity index is 577. The first kappa shape index (κ1) is 13.1. The zero-order valence-electron chi connectivity index (χ0n) is 9.97. The molecule has 94 valence electrons. The molecule has 18 heavy (non-hydrogen) atoms. The Kier molecular flexibility index (Phi) is 3.71. The smallest absolute Gasteiger partial charge is 0.163 e. The van der Waals surface area contributed by atoms with Gasteiger partial charge in [-0.3, -0.25) is 0 Å². The molecular weight excluding hydrogens is 302 g/mol. The molecular formula is C13H11BrF2N2. The lowest BCUT2D eigenvalue weighted by molar-refractivity contribution is 0.602. The summed E-state index contributed by atoms with van der Waals surface area (Å²) in [4.78, 5) is 8.41. The van der Waals surface area contributed by atoms with E-state index in [9.17, 15) is 8.78 Å². The molecule has 1 aromatic heterocycles. The molecule has 2 rings (SSSR count). The van der Waals surface area contributed by atoms with E-state index in [1.54, 1.807) is 0 Å². The van der Waals surface area contributed by atoms with Crippen molar-refractivity contribution in [3.05, 3.63) is 45.7 Å². The number of aryl methyl sites for hydroxylation is 1. The molecule has 2 aromatic rings. The maximum absolute atomic E-state index is 13.6. The van der Waals surface area contributed by atoms with E-state index < -0.39 is 11.6 Å². The zero-order chi connectivity index (χ0) is 13.3. The second-order valence-electron chi connectivity index (χ2n) is 3.88. The van der Waals surface area contributed by atoms with Gasteiger partial charge >= 0.3 is 0 Å². The highest BCUT2D eigenvalue weighted by Crippen LogP contribution is 2.25. The maximum Gasteiger partial charge on any atom is 0.163 e. The average molecular weight is 313 g/mol. The Balaban J connectivity index is 2.61. The summed E-state index contributed by atoms with van der Waals surface area (Å²) in [5, 5.41) is 0. The van der Waals surface area contributed by atoms with Crippen molar-refractivity contribution in [2.75, 3.05) is 0 Å². The van der Waals surface area contributed by atoms with Gasteiger partial charge in [0.05, 0.1) is 5.56 Å². The number of nitrogens with zero attached hydrogens (tertiary/aromatic N) is 2. The van der Waals surface area contributed by atoms with Gasteiger partial charge in [-0.25, -0.2) is 18.7 Å². The zero-order valence-corrected chi connectivity index (χ0v) is 11.6. The normalized spacial score (nSPS) is 10.7. The maximum atomic E-state index is 13.6. The summed E-state index contributed by atoms with van der Waals surface area (Å²) in [5.41, 5.74) is 1.80. The number of benzene rings is 1. The van der Waals surface area contributed by atoms with Gasteiger partial charge in [0, 0.05) is 11.3 Å². The summed E-state index contributed by atoms with van der Waals surface area (Å²) in [6, 6.07) is 3.24. The van der Waals surface area contributed by atoms with Crippen LogP contribution >= 0.6 is 15.9 Å². The lowest BCUT2D eigenvalue weighted by Gasteiger charge is -2.08. The molecule has 0 amide bonds. The molecule has 0 fully saturated rings. The first-order valence-electron chi connectivity index (χ1n) is 5.51. The minimum Gasteiger partial charge on any atom is -0.233 e. The minimum atomic E-state index is -0.535. The van der Waals surface area contributed by atoms with Gasteiger partial charge in [0.25, 0.3) is 0 Å². The second-order valence-corrected chi connectivity index (χ2v) is 4.63. The minimum absolute atomic E-state index is 0.0708. The summed E-state index contributed by atoms with van der Waals surface area (Å²) >= 11 is 3.33. The van der Waals surface area contributed by atoms with E-state index >= 15 is 0 Å². The number of rotatable bonds is 2. The molecule has 0 aliphatic heterocycles. The van der Waals surface area contributed by atoms with Gasteiger partial charge in [0.15, 0.2) is 5.82 Å². The lowest BCUT2D eigenvalue weighted by Crippen LogP contribution is -2.01. The van der Waals surface area contributed by atoms with Crippen LogP contribution < -0.4 is 0 Å². The van der Waals surface area contributed by atoms with Crippen LogP contribution in [0.5, 0.6) is 0 Å². The van der Waals surface area contributed by atoms with E-state index in [4.69, 9.17) is 0 Å². The number of hydrogen-bond acceptors (Lipinski definition) is 2. The van der Waals surface area contributed by atoms with Crippen molar-refractivity contribution in [1.82, 2.24) is 9.97 Å². The number of halogens is 3. The van der Waals surface area contributed by atoms with Crippen LogP contribution in [-0.4, -0.2) is 9.97 Å². The molecule has 0 spiro atoms. The number of aromatic nitrogens is 2. The molecule has 0 saturated carbocycles. The Morgan fingerprint density at radius 3 is 2.56 bits per heavy atom. The predicted molar refractivity (Wildman–Crippen MR) is 69.2 cm³/mol. The highest BCUT2D eigenvalue weighted by Gasteiger charge is 2.13. The van der Waals surface area contributed by atoms with Gasteiger partial charge in [-0.05, 0) is 47.5 Å². The summed E-state index contributed by atoms with van der Waals surface area (Å²) in [7, 11) is 0. The first-order valence-corrected chi connectivity index (χ1v) is 6.30. The van der Waals surface area contributed by atoms with Crippen molar-refractivity contribution in [1.29, 1.82) is 0 Å². The van der Waals surface area contributed by atoms with Gasteiger partial charge in [0.2, 0.25) is 0 Å². The molecule has 0 aliphatic carbocycles. The fourth-order valence-corrected chi connectivity index (χ4v) is 2.49. The summed E-state index contributed by atoms with van der Waals surface area (Å²) in [6.45, 7) is 3.81. The quantitative estimate of drug-likeness (QED) is 0.782. The van der Waals surface area contributed by atoms with Crippen molar-refractivity contribution in [3.8, 4) is 11.4 Å². The summed E-state index contributed by atoms with van der Waals surface area (Å²) in [5.74, 6) is -0.858. The molecule has 1 heterocycles. The van der Waals surface area contributed by atoms with Crippen LogP contribution in [0.4, 0.5) is 8.78 Å². The highest BCUT2D eigenvalue weighted by molar-refractivity contribution is 9.10. The Morgan fingerprint density at radius 1 is 1.22 bits per heavy atom. The van der Waals surface area contributed by atoms with Crippen molar-refractivity contribution in [3.63, 3.8) is 0 Å². The Labute approximate surface area is 112 Å². The van der Waals surface area contributed by atoms with Crippen LogP contribution in [-0.2, 0) is 6.42 Å². The van der Waals surface area contributed by atoms with Crippen molar-refractivity contribution in [2.24, 2.45) is 0 Å². The molecule has 0 saturated heterocycles. The van der Waals surface area contributed by atoms with Crippen LogP contribution in [0.15, 0.2) is 22.8 Å². The van der Waals surface area contributed by atoms with Gasteiger partial charge in [0.1, 0.15) is 16.2 Å². The fourth-order valence-electron chi connectivity index (χ4n) is 1.75. The third-order valence-electron chi connectivity index (χ3n) is 2.69. The van der Waals surface area contributed by atoms with Gasteiger partial charge in [-0.2, -0.15) is 0 Å². The number of hydrogen-bond donors (Lipinski definition) is 0. The van der Waals surface area contributed by atoms with Gasteiger partial charge < -0.3 is 0 Å². The topological polar surface area (TPSA) is 25.8 Å². The lowest BCUT2D eigenvalue weighted by atomic mass is 10.1. The molecule has 0 N–H and O–H groups in total. The summed E-state index contributed by atoms with van der Waals surface area (Å²) in [6.07, 6.45) is 0.776. The van der Waals surface area contributed by atoms with E-state index in [2.05, 4.69) is 25.9 Å². The largest absolute Gasteiger partial charge is 0.233 e. The first-order chi connectivity index (χ1) is 8.52. The van der Waals surface area contributed by atoms with E-state index in [1.165, 1.54) is 0 Å². The summed E-state index contributed by atoms with van der Waals surface area (Å²) < 4.78 is 27.4. The molecule has 0 unspecified atom stereocenters. The highest BCUT2D eigenvalue weighted by atomic mass is 79.9. The molecule has 0 atom stereocenters. The monoisotopic (exact) mass is 312 g/mol. The van der Waals surface area contributed by atoms with E-state index in [-0.39, 0.29) is 11.4 Å². The van der Waals surface area contributed by atoms with Crippen LogP contribution in [0, 0.1) is 18.6 Å². The molecule has 0 radical (unpaired) electrons. The van der Waals surface area contributed by atoms with Crippen LogP contribution in [0.2, 0.25) is 0 Å². The average Bonchev–Trinajstić information content (AvgIpc) is 2.32. The van der Waals surface area contributed by atoms with Crippen molar-refractivity contribution in [2.45, 2.75) is 20.3 Å².